The van der Waals surface area contributed by atoms with Crippen LogP contribution in [-0.2, 0) is 17.9 Å². The summed E-state index contributed by atoms with van der Waals surface area (Å²) in [6.07, 6.45) is 0. The first-order valence-corrected chi connectivity index (χ1v) is 11.4. The largest absolute Gasteiger partial charge is 0.497 e. The zero-order valence-corrected chi connectivity index (χ0v) is 19.7. The number of aromatic nitrogens is 3. The molecule has 0 aliphatic heterocycles. The molecule has 0 aliphatic rings. The van der Waals surface area contributed by atoms with E-state index in [2.05, 4.69) is 20.8 Å². The van der Waals surface area contributed by atoms with E-state index in [0.29, 0.717) is 44.6 Å². The van der Waals surface area contributed by atoms with Gasteiger partial charge in [0.05, 0.1) is 29.5 Å². The van der Waals surface area contributed by atoms with Crippen molar-refractivity contribution in [2.24, 2.45) is 0 Å². The van der Waals surface area contributed by atoms with Crippen LogP contribution in [0.5, 0.6) is 5.75 Å². The van der Waals surface area contributed by atoms with Crippen LogP contribution >= 0.6 is 35.0 Å². The number of halogens is 2. The fraction of sp³-hybridized carbons (Fsp3) is 0.238. The smallest absolute Gasteiger partial charge is 0.251 e. The lowest BCUT2D eigenvalue weighted by Crippen LogP contribution is -2.24. The molecule has 3 rings (SSSR count). The first kappa shape index (κ1) is 23.9. The van der Waals surface area contributed by atoms with Gasteiger partial charge >= 0.3 is 0 Å². The second-order valence-corrected chi connectivity index (χ2v) is 8.28. The molecule has 0 unspecified atom stereocenters. The second kappa shape index (κ2) is 11.2. The Morgan fingerprint density at radius 2 is 1.84 bits per heavy atom. The molecule has 0 spiro atoms. The Kier molecular flexibility index (Phi) is 8.38. The van der Waals surface area contributed by atoms with Gasteiger partial charge in [0.25, 0.3) is 5.91 Å². The molecule has 8 nitrogen and oxygen atoms in total. The molecule has 1 aromatic heterocycles. The Morgan fingerprint density at radius 3 is 2.50 bits per heavy atom. The maximum Gasteiger partial charge on any atom is 0.251 e. The van der Waals surface area contributed by atoms with E-state index in [4.69, 9.17) is 27.9 Å². The van der Waals surface area contributed by atoms with Crippen LogP contribution < -0.4 is 15.4 Å². The highest BCUT2D eigenvalue weighted by Crippen LogP contribution is 2.23. The summed E-state index contributed by atoms with van der Waals surface area (Å²) in [7, 11) is 1.58. The third-order valence-corrected chi connectivity index (χ3v) is 6.11. The van der Waals surface area contributed by atoms with Gasteiger partial charge < -0.3 is 19.9 Å². The number of hydrogen-bond acceptors (Lipinski definition) is 6. The molecule has 2 N–H and O–H groups in total. The molecule has 3 aromatic rings. The summed E-state index contributed by atoms with van der Waals surface area (Å²) in [5.41, 5.74) is 1.07. The van der Waals surface area contributed by atoms with Crippen LogP contribution in [0.1, 0.15) is 23.1 Å². The Balaban J connectivity index is 1.56. The number of benzene rings is 2. The molecular weight excluding hydrogens is 473 g/mol. The molecule has 168 valence electrons. The van der Waals surface area contributed by atoms with Crippen molar-refractivity contribution in [2.75, 3.05) is 18.2 Å². The number of carbonyl (C=O) groups is 2. The lowest BCUT2D eigenvalue weighted by molar-refractivity contribution is -0.113. The van der Waals surface area contributed by atoms with Crippen LogP contribution in [0.4, 0.5) is 5.69 Å². The average Bonchev–Trinajstić information content (AvgIpc) is 3.20. The summed E-state index contributed by atoms with van der Waals surface area (Å²) in [6.45, 7) is 2.71. The number of ether oxygens (including phenoxy) is 1. The van der Waals surface area contributed by atoms with E-state index in [1.54, 1.807) is 43.5 Å². The Morgan fingerprint density at radius 1 is 1.09 bits per heavy atom. The SMILES string of the molecule is CCn1c(CNC(=O)c2ccc(Cl)c(Cl)c2)nnc1SCC(=O)Nc1ccc(OC)cc1. The third kappa shape index (κ3) is 6.15. The van der Waals surface area contributed by atoms with E-state index < -0.39 is 0 Å². The molecule has 1 heterocycles. The Hall–Kier alpha value is -2.75. The van der Waals surface area contributed by atoms with E-state index >= 15 is 0 Å². The number of amides is 2. The van der Waals surface area contributed by atoms with Crippen LogP contribution in [0.15, 0.2) is 47.6 Å². The monoisotopic (exact) mass is 493 g/mol. The molecule has 2 amide bonds. The van der Waals surface area contributed by atoms with Gasteiger partial charge in [-0.25, -0.2) is 0 Å². The highest BCUT2D eigenvalue weighted by Gasteiger charge is 2.15. The van der Waals surface area contributed by atoms with Gasteiger partial charge in [0, 0.05) is 17.8 Å². The second-order valence-electron chi connectivity index (χ2n) is 6.52. The van der Waals surface area contributed by atoms with Crippen LogP contribution in [0.3, 0.4) is 0 Å². The number of methoxy groups -OCH3 is 1. The van der Waals surface area contributed by atoms with E-state index in [0.717, 1.165) is 0 Å². The number of nitrogens with one attached hydrogen (secondary N) is 2. The van der Waals surface area contributed by atoms with Crippen molar-refractivity contribution >= 4 is 52.5 Å². The predicted molar refractivity (Wildman–Crippen MR) is 126 cm³/mol. The van der Waals surface area contributed by atoms with Gasteiger partial charge in [0.1, 0.15) is 5.75 Å². The standard InChI is InChI=1S/C21H21Cl2N5O3S/c1-3-28-18(11-24-20(30)13-4-9-16(22)17(23)10-13)26-27-21(28)32-12-19(29)25-14-5-7-15(31-2)8-6-14/h4-10H,3,11-12H2,1-2H3,(H,24,30)(H,25,29). The minimum absolute atomic E-state index is 0.166. The third-order valence-electron chi connectivity index (χ3n) is 4.40. The van der Waals surface area contributed by atoms with E-state index in [1.807, 2.05) is 11.5 Å². The van der Waals surface area contributed by atoms with Gasteiger partial charge in [-0.1, -0.05) is 35.0 Å². The fourth-order valence-electron chi connectivity index (χ4n) is 2.77. The first-order chi connectivity index (χ1) is 15.4. The summed E-state index contributed by atoms with van der Waals surface area (Å²) >= 11 is 13.1. The summed E-state index contributed by atoms with van der Waals surface area (Å²) in [4.78, 5) is 24.7. The van der Waals surface area contributed by atoms with Crippen LogP contribution in [0, 0.1) is 0 Å². The fourth-order valence-corrected chi connectivity index (χ4v) is 3.89. The normalized spacial score (nSPS) is 10.6. The summed E-state index contributed by atoms with van der Waals surface area (Å²) in [5.74, 6) is 0.994. The first-order valence-electron chi connectivity index (χ1n) is 9.63. The summed E-state index contributed by atoms with van der Waals surface area (Å²) < 4.78 is 6.95. The minimum Gasteiger partial charge on any atom is -0.497 e. The molecule has 11 heteroatoms. The molecule has 32 heavy (non-hydrogen) atoms. The van der Waals surface area contributed by atoms with Gasteiger partial charge in [0.15, 0.2) is 11.0 Å². The average molecular weight is 494 g/mol. The van der Waals surface area contributed by atoms with Crippen molar-refractivity contribution in [2.45, 2.75) is 25.2 Å². The van der Waals surface area contributed by atoms with Gasteiger partial charge in [-0.3, -0.25) is 9.59 Å². The van der Waals surface area contributed by atoms with Crippen LogP contribution in [-0.4, -0.2) is 39.4 Å². The van der Waals surface area contributed by atoms with Crippen molar-refractivity contribution in [3.63, 3.8) is 0 Å². The molecular formula is C21H21Cl2N5O3S. The minimum atomic E-state index is -0.303. The van der Waals surface area contributed by atoms with Crippen LogP contribution in [0.2, 0.25) is 10.0 Å². The van der Waals surface area contributed by atoms with E-state index in [1.165, 1.54) is 17.8 Å². The van der Waals surface area contributed by atoms with Crippen molar-refractivity contribution < 1.29 is 14.3 Å². The number of rotatable bonds is 9. The van der Waals surface area contributed by atoms with Gasteiger partial charge in [-0.2, -0.15) is 0 Å². The Bertz CT molecular complexity index is 1110. The summed E-state index contributed by atoms with van der Waals surface area (Å²) in [6, 6.07) is 11.8. The van der Waals surface area contributed by atoms with Crippen LogP contribution in [0.25, 0.3) is 0 Å². The summed E-state index contributed by atoms with van der Waals surface area (Å²) in [5, 5.41) is 15.2. The van der Waals surface area contributed by atoms with Crippen molar-refractivity contribution in [1.82, 2.24) is 20.1 Å². The number of anilines is 1. The molecule has 0 fully saturated rings. The van der Waals surface area contributed by atoms with Gasteiger partial charge in [-0.15, -0.1) is 10.2 Å². The molecule has 0 bridgehead atoms. The molecule has 0 saturated carbocycles. The lowest BCUT2D eigenvalue weighted by atomic mass is 10.2. The van der Waals surface area contributed by atoms with Gasteiger partial charge in [-0.05, 0) is 49.4 Å². The molecule has 0 aliphatic carbocycles. The van der Waals surface area contributed by atoms with Crippen molar-refractivity contribution in [1.29, 1.82) is 0 Å². The quantitative estimate of drug-likeness (QED) is 0.431. The molecule has 0 saturated heterocycles. The zero-order chi connectivity index (χ0) is 23.1. The van der Waals surface area contributed by atoms with E-state index in [9.17, 15) is 9.59 Å². The maximum absolute atomic E-state index is 12.4. The lowest BCUT2D eigenvalue weighted by Gasteiger charge is -2.09. The number of nitrogens with zero attached hydrogens (tertiary/aromatic N) is 3. The Labute approximate surface area is 199 Å². The number of hydrogen-bond donors (Lipinski definition) is 2. The number of carbonyl (C=O) groups excluding carboxylic acids is 2. The van der Waals surface area contributed by atoms with Crippen molar-refractivity contribution in [3.05, 3.63) is 63.9 Å². The number of thioether (sulfide) groups is 1. The molecule has 0 atom stereocenters. The zero-order valence-electron chi connectivity index (χ0n) is 17.4. The molecule has 0 radical (unpaired) electrons. The predicted octanol–water partition coefficient (Wildman–Crippen LogP) is 4.27. The highest BCUT2D eigenvalue weighted by molar-refractivity contribution is 7.99. The molecule has 2 aromatic carbocycles. The van der Waals surface area contributed by atoms with E-state index in [-0.39, 0.29) is 24.1 Å². The van der Waals surface area contributed by atoms with Gasteiger partial charge in [0.2, 0.25) is 5.91 Å². The topological polar surface area (TPSA) is 98.1 Å². The highest BCUT2D eigenvalue weighted by atomic mass is 35.5. The van der Waals surface area contributed by atoms with Crippen molar-refractivity contribution in [3.8, 4) is 5.75 Å². The maximum atomic E-state index is 12.4.